The summed E-state index contributed by atoms with van der Waals surface area (Å²) in [4.78, 5) is 11.9. The van der Waals surface area contributed by atoms with Crippen LogP contribution in [0.1, 0.15) is 6.92 Å². The smallest absolute Gasteiger partial charge is 0.343 e. The van der Waals surface area contributed by atoms with Crippen molar-refractivity contribution >= 4 is 23.4 Å². The van der Waals surface area contributed by atoms with Gasteiger partial charge in [-0.25, -0.2) is 9.18 Å². The van der Waals surface area contributed by atoms with Crippen LogP contribution < -0.4 is 0 Å². The Morgan fingerprint density at radius 3 is 2.43 bits per heavy atom. The molecule has 0 fully saturated rings. The number of carbonyl (C=O) groups excluding carboxylic acids is 1. The summed E-state index contributed by atoms with van der Waals surface area (Å²) in [6.45, 7) is 1.39. The van der Waals surface area contributed by atoms with Crippen molar-refractivity contribution in [2.24, 2.45) is 0 Å². The highest BCUT2D eigenvalue weighted by Crippen LogP contribution is 2.29. The minimum Gasteiger partial charge on any atom is -0.510 e. The van der Waals surface area contributed by atoms with E-state index in [1.807, 2.05) is 30.3 Å². The summed E-state index contributed by atoms with van der Waals surface area (Å²) in [5.74, 6) is -0.939. The number of aromatic nitrogens is 3. The van der Waals surface area contributed by atoms with E-state index in [4.69, 9.17) is 5.41 Å². The second-order valence-corrected chi connectivity index (χ2v) is 7.15. The highest BCUT2D eigenvalue weighted by molar-refractivity contribution is 7.99. The van der Waals surface area contributed by atoms with E-state index >= 15 is 0 Å². The number of carbonyl (C=O) groups is 1. The maximum Gasteiger partial charge on any atom is 0.343 e. The third-order valence-electron chi connectivity index (χ3n) is 4.14. The van der Waals surface area contributed by atoms with E-state index in [9.17, 15) is 14.3 Å². The van der Waals surface area contributed by atoms with Gasteiger partial charge in [-0.05, 0) is 31.2 Å². The molecule has 0 spiro atoms. The molecule has 154 valence electrons. The molecule has 3 aromatic rings. The monoisotopic (exact) mass is 426 g/mol. The van der Waals surface area contributed by atoms with Crippen LogP contribution in [-0.4, -0.2) is 44.4 Å². The molecule has 30 heavy (non-hydrogen) atoms. The predicted molar refractivity (Wildman–Crippen MR) is 113 cm³/mol. The van der Waals surface area contributed by atoms with Crippen LogP contribution in [0.4, 0.5) is 4.39 Å². The highest BCUT2D eigenvalue weighted by Gasteiger charge is 2.21. The zero-order chi connectivity index (χ0) is 21.7. The number of hydrogen-bond acceptors (Lipinski definition) is 7. The maximum absolute atomic E-state index is 13.4. The fourth-order valence-electron chi connectivity index (χ4n) is 2.76. The molecule has 1 aromatic heterocycles. The average molecular weight is 426 g/mol. The van der Waals surface area contributed by atoms with Crippen molar-refractivity contribution < 1.29 is 19.0 Å². The lowest BCUT2D eigenvalue weighted by Gasteiger charge is -2.11. The van der Waals surface area contributed by atoms with Gasteiger partial charge >= 0.3 is 5.97 Å². The first-order chi connectivity index (χ1) is 14.4. The van der Waals surface area contributed by atoms with E-state index in [0.29, 0.717) is 16.7 Å². The lowest BCUT2D eigenvalue weighted by molar-refractivity contribution is -0.135. The zero-order valence-corrected chi connectivity index (χ0v) is 17.1. The van der Waals surface area contributed by atoms with E-state index < -0.39 is 5.97 Å². The highest BCUT2D eigenvalue weighted by atomic mass is 32.2. The average Bonchev–Trinajstić information content (AvgIpc) is 3.17. The predicted octanol–water partition coefficient (Wildman–Crippen LogP) is 4.19. The Balaban J connectivity index is 2.01. The maximum atomic E-state index is 13.4. The normalized spacial score (nSPS) is 11.7. The van der Waals surface area contributed by atoms with Crippen molar-refractivity contribution in [2.45, 2.75) is 12.1 Å². The molecule has 0 amide bonds. The van der Waals surface area contributed by atoms with E-state index in [-0.39, 0.29) is 28.6 Å². The summed E-state index contributed by atoms with van der Waals surface area (Å²) < 4.78 is 19.8. The summed E-state index contributed by atoms with van der Waals surface area (Å²) in [6.07, 6.45) is 0. The standard InChI is InChI=1S/C21H19FN4O3S/c1-13(23)18(20(28)29-2)17(27)12-30-21-25-24-19(14-6-4-3-5-7-14)26(21)16-10-8-15(22)9-11-16/h3-11,23,27H,12H2,1-2H3/b18-17-,23-13?. The van der Waals surface area contributed by atoms with Gasteiger partial charge in [0.1, 0.15) is 17.1 Å². The van der Waals surface area contributed by atoms with Crippen molar-refractivity contribution in [1.29, 1.82) is 5.41 Å². The lowest BCUT2D eigenvalue weighted by atomic mass is 10.1. The molecule has 3 rings (SSSR count). The van der Waals surface area contributed by atoms with Crippen LogP contribution in [0.5, 0.6) is 0 Å². The number of ether oxygens (including phenoxy) is 1. The Morgan fingerprint density at radius 2 is 1.83 bits per heavy atom. The molecule has 1 heterocycles. The fourth-order valence-corrected chi connectivity index (χ4v) is 3.58. The van der Waals surface area contributed by atoms with Crippen LogP contribution in [0.15, 0.2) is 71.1 Å². The Morgan fingerprint density at radius 1 is 1.17 bits per heavy atom. The summed E-state index contributed by atoms with van der Waals surface area (Å²) >= 11 is 1.13. The number of hydrogen-bond donors (Lipinski definition) is 2. The van der Waals surface area contributed by atoms with Crippen LogP contribution in [-0.2, 0) is 9.53 Å². The van der Waals surface area contributed by atoms with Crippen molar-refractivity contribution in [3.63, 3.8) is 0 Å². The topological polar surface area (TPSA) is 101 Å². The van der Waals surface area contributed by atoms with Gasteiger partial charge in [0.25, 0.3) is 0 Å². The number of aliphatic hydroxyl groups excluding tert-OH is 1. The third kappa shape index (κ3) is 4.57. The molecule has 0 aliphatic heterocycles. The molecule has 0 aliphatic rings. The van der Waals surface area contributed by atoms with Gasteiger partial charge < -0.3 is 15.3 Å². The molecule has 0 saturated carbocycles. The quantitative estimate of drug-likeness (QED) is 0.193. The molecule has 2 N–H and O–H groups in total. The number of methoxy groups -OCH3 is 1. The molecule has 9 heteroatoms. The van der Waals surface area contributed by atoms with Crippen molar-refractivity contribution in [3.05, 3.63) is 71.7 Å². The van der Waals surface area contributed by atoms with Crippen LogP contribution in [0, 0.1) is 11.2 Å². The van der Waals surface area contributed by atoms with Crippen molar-refractivity contribution in [2.75, 3.05) is 12.9 Å². The number of rotatable bonds is 7. The summed E-state index contributed by atoms with van der Waals surface area (Å²) in [5, 5.41) is 27.0. The second-order valence-electron chi connectivity index (χ2n) is 6.21. The second kappa shape index (κ2) is 9.36. The van der Waals surface area contributed by atoms with Crippen molar-refractivity contribution in [3.8, 4) is 17.1 Å². The molecule has 2 aromatic carbocycles. The first kappa shape index (κ1) is 21.3. The Kier molecular flexibility index (Phi) is 6.63. The number of esters is 1. The van der Waals surface area contributed by atoms with E-state index in [0.717, 1.165) is 17.3 Å². The molecule has 0 bridgehead atoms. The van der Waals surface area contributed by atoms with E-state index in [2.05, 4.69) is 14.9 Å². The number of thioether (sulfide) groups is 1. The van der Waals surface area contributed by atoms with E-state index in [1.54, 1.807) is 16.7 Å². The number of nitrogens with one attached hydrogen (secondary N) is 1. The van der Waals surface area contributed by atoms with Gasteiger partial charge in [-0.3, -0.25) is 4.57 Å². The number of halogens is 1. The summed E-state index contributed by atoms with van der Waals surface area (Å²) in [6, 6.07) is 15.3. The van der Waals surface area contributed by atoms with E-state index in [1.165, 1.54) is 26.2 Å². The van der Waals surface area contributed by atoms with Gasteiger partial charge in [-0.15, -0.1) is 10.2 Å². The molecule has 0 saturated heterocycles. The largest absolute Gasteiger partial charge is 0.510 e. The molecule has 7 nitrogen and oxygen atoms in total. The van der Waals surface area contributed by atoms with Crippen LogP contribution in [0.25, 0.3) is 17.1 Å². The minimum absolute atomic E-state index is 0.0330. The molecular weight excluding hydrogens is 407 g/mol. The van der Waals surface area contributed by atoms with Gasteiger partial charge in [-0.1, -0.05) is 42.1 Å². The SMILES string of the molecule is COC(=O)/C(C(C)=N)=C(\O)CSc1nnc(-c2ccccc2)n1-c1ccc(F)cc1. The van der Waals surface area contributed by atoms with Gasteiger partial charge in [0, 0.05) is 17.0 Å². The summed E-state index contributed by atoms with van der Waals surface area (Å²) in [5.41, 5.74) is 1.15. The third-order valence-corrected chi connectivity index (χ3v) is 5.08. The van der Waals surface area contributed by atoms with Crippen LogP contribution >= 0.6 is 11.8 Å². The van der Waals surface area contributed by atoms with Crippen molar-refractivity contribution in [1.82, 2.24) is 14.8 Å². The molecule has 0 radical (unpaired) electrons. The number of benzene rings is 2. The first-order valence-corrected chi connectivity index (χ1v) is 9.86. The Hall–Kier alpha value is -3.46. The Labute approximate surface area is 176 Å². The summed E-state index contributed by atoms with van der Waals surface area (Å²) in [7, 11) is 1.18. The molecule has 0 atom stereocenters. The lowest BCUT2D eigenvalue weighted by Crippen LogP contribution is -2.15. The van der Waals surface area contributed by atoms with Crippen LogP contribution in [0.2, 0.25) is 0 Å². The molecule has 0 unspecified atom stereocenters. The first-order valence-electron chi connectivity index (χ1n) is 8.88. The number of nitrogens with zero attached hydrogens (tertiary/aromatic N) is 3. The number of aliphatic hydroxyl groups is 1. The van der Waals surface area contributed by atoms with Gasteiger partial charge in [0.2, 0.25) is 0 Å². The molecule has 0 aliphatic carbocycles. The van der Waals surface area contributed by atoms with Gasteiger partial charge in [-0.2, -0.15) is 0 Å². The van der Waals surface area contributed by atoms with Crippen LogP contribution in [0.3, 0.4) is 0 Å². The molecular formula is C21H19FN4O3S. The zero-order valence-electron chi connectivity index (χ0n) is 16.3. The fraction of sp³-hybridized carbons (Fsp3) is 0.143. The van der Waals surface area contributed by atoms with Gasteiger partial charge in [0.05, 0.1) is 12.9 Å². The minimum atomic E-state index is -0.787. The Bertz CT molecular complexity index is 1100. The van der Waals surface area contributed by atoms with Gasteiger partial charge in [0.15, 0.2) is 11.0 Å².